The average molecular weight is 566 g/mol. The number of para-hydroxylation sites is 1. The Hall–Kier alpha value is -3.35. The van der Waals surface area contributed by atoms with Crippen molar-refractivity contribution in [3.05, 3.63) is 65.2 Å². The van der Waals surface area contributed by atoms with E-state index in [9.17, 15) is 14.4 Å². The molecule has 2 unspecified atom stereocenters. The summed E-state index contributed by atoms with van der Waals surface area (Å²) < 4.78 is 5.48. The van der Waals surface area contributed by atoms with E-state index in [1.165, 1.54) is 6.42 Å². The third-order valence-electron chi connectivity index (χ3n) is 6.96. The molecule has 2 rings (SSSR count). The Kier molecular flexibility index (Phi) is 13.4. The van der Waals surface area contributed by atoms with Gasteiger partial charge in [0.25, 0.3) is 5.91 Å². The van der Waals surface area contributed by atoms with Crippen LogP contribution in [0.1, 0.15) is 103 Å². The van der Waals surface area contributed by atoms with Crippen LogP contribution >= 0.6 is 0 Å². The van der Waals surface area contributed by atoms with Gasteiger partial charge < -0.3 is 20.3 Å². The zero-order valence-electron chi connectivity index (χ0n) is 26.4. The molecule has 0 heterocycles. The molecule has 0 aliphatic rings. The van der Waals surface area contributed by atoms with Gasteiger partial charge >= 0.3 is 6.09 Å². The van der Waals surface area contributed by atoms with E-state index in [-0.39, 0.29) is 17.7 Å². The fourth-order valence-electron chi connectivity index (χ4n) is 4.78. The molecule has 2 aromatic carbocycles. The van der Waals surface area contributed by atoms with Crippen LogP contribution in [0.5, 0.6) is 0 Å². The van der Waals surface area contributed by atoms with Gasteiger partial charge in [-0.05, 0) is 64.2 Å². The summed E-state index contributed by atoms with van der Waals surface area (Å²) in [6.07, 6.45) is 5.62. The minimum atomic E-state index is -0.876. The minimum absolute atomic E-state index is 0.223. The number of rotatable bonds is 14. The number of alkyl carbamates (subject to hydrolysis) is 1. The molecule has 0 radical (unpaired) electrons. The van der Waals surface area contributed by atoms with Gasteiger partial charge in [0, 0.05) is 12.2 Å². The summed E-state index contributed by atoms with van der Waals surface area (Å²) >= 11 is 0. The van der Waals surface area contributed by atoms with Gasteiger partial charge in [-0.25, -0.2) is 4.79 Å². The van der Waals surface area contributed by atoms with E-state index in [2.05, 4.69) is 17.6 Å². The lowest BCUT2D eigenvalue weighted by molar-refractivity contribution is -0.141. The number of hydrogen-bond donors (Lipinski definition) is 2. The molecule has 3 amide bonds. The van der Waals surface area contributed by atoms with Gasteiger partial charge in [0.1, 0.15) is 17.7 Å². The number of nitrogens with one attached hydrogen (secondary N) is 2. The largest absolute Gasteiger partial charge is 0.444 e. The molecule has 0 saturated carbocycles. The van der Waals surface area contributed by atoms with Crippen LogP contribution in [-0.2, 0) is 14.3 Å². The molecule has 0 bridgehead atoms. The van der Waals surface area contributed by atoms with Crippen molar-refractivity contribution < 1.29 is 19.1 Å². The molecule has 0 aromatic heterocycles. The second-order valence-corrected chi connectivity index (χ2v) is 12.3. The molecule has 7 heteroatoms. The van der Waals surface area contributed by atoms with Crippen LogP contribution in [0, 0.1) is 19.8 Å². The average Bonchev–Trinajstić information content (AvgIpc) is 2.88. The maximum Gasteiger partial charge on any atom is 0.408 e. The summed E-state index contributed by atoms with van der Waals surface area (Å²) in [7, 11) is 0. The van der Waals surface area contributed by atoms with E-state index in [4.69, 9.17) is 4.74 Å². The summed E-state index contributed by atoms with van der Waals surface area (Å²) in [5.74, 6) is -0.811. The predicted octanol–water partition coefficient (Wildman–Crippen LogP) is 7.72. The highest BCUT2D eigenvalue weighted by molar-refractivity contribution is 5.99. The van der Waals surface area contributed by atoms with Crippen molar-refractivity contribution in [2.45, 2.75) is 112 Å². The van der Waals surface area contributed by atoms with Crippen LogP contribution in [-0.4, -0.2) is 41.0 Å². The molecule has 2 atom stereocenters. The Bertz CT molecular complexity index is 1140. The van der Waals surface area contributed by atoms with Gasteiger partial charge in [0.2, 0.25) is 5.91 Å². The summed E-state index contributed by atoms with van der Waals surface area (Å²) in [4.78, 5) is 42.9. The Morgan fingerprint density at radius 2 is 1.56 bits per heavy atom. The van der Waals surface area contributed by atoms with Gasteiger partial charge in [0.05, 0.1) is 0 Å². The molecule has 226 valence electrons. The number of carbonyl (C=O) groups excluding carboxylic acids is 3. The summed E-state index contributed by atoms with van der Waals surface area (Å²) in [6, 6.07) is 13.6. The fourth-order valence-corrected chi connectivity index (χ4v) is 4.78. The van der Waals surface area contributed by atoms with E-state index in [0.29, 0.717) is 12.2 Å². The first-order chi connectivity index (χ1) is 19.3. The maximum atomic E-state index is 14.4. The third kappa shape index (κ3) is 11.2. The van der Waals surface area contributed by atoms with E-state index in [0.717, 1.165) is 48.8 Å². The number of benzene rings is 2. The lowest BCUT2D eigenvalue weighted by Crippen LogP contribution is -2.54. The standard InChI is InChI=1S/C34H51N3O4/c1-9-10-11-12-13-16-22-37(32(39)29(24(2)3)36-33(40)41-34(6,7)8)30(27-20-17-18-25(4)23-27)31(38)35-28-21-15-14-19-26(28)5/h14-15,17-21,23-24,29-30H,9-13,16,22H2,1-8H3,(H,35,38)(H,36,40). The molecular weight excluding hydrogens is 514 g/mol. The monoisotopic (exact) mass is 565 g/mol. The summed E-state index contributed by atoms with van der Waals surface area (Å²) in [5.41, 5.74) is 2.66. The SMILES string of the molecule is CCCCCCCCN(C(=O)C(NC(=O)OC(C)(C)C)C(C)C)C(C(=O)Nc1ccccc1C)c1cccc(C)c1. The number of ether oxygens (including phenoxy) is 1. The Morgan fingerprint density at radius 1 is 0.902 bits per heavy atom. The van der Waals surface area contributed by atoms with E-state index >= 15 is 0 Å². The van der Waals surface area contributed by atoms with Crippen LogP contribution in [0.3, 0.4) is 0 Å². The Morgan fingerprint density at radius 3 is 2.17 bits per heavy atom. The first kappa shape index (κ1) is 33.9. The highest BCUT2D eigenvalue weighted by Gasteiger charge is 2.37. The van der Waals surface area contributed by atoms with Gasteiger partial charge in [0.15, 0.2) is 0 Å². The zero-order valence-corrected chi connectivity index (χ0v) is 26.4. The second-order valence-electron chi connectivity index (χ2n) is 12.3. The Labute approximate surface area is 247 Å². The minimum Gasteiger partial charge on any atom is -0.444 e. The highest BCUT2D eigenvalue weighted by Crippen LogP contribution is 2.28. The van der Waals surface area contributed by atoms with Crippen molar-refractivity contribution in [1.82, 2.24) is 10.2 Å². The normalized spacial score (nSPS) is 12.9. The number of aryl methyl sites for hydroxylation is 2. The molecule has 0 saturated heterocycles. The highest BCUT2D eigenvalue weighted by atomic mass is 16.6. The lowest BCUT2D eigenvalue weighted by atomic mass is 9.97. The molecule has 7 nitrogen and oxygen atoms in total. The first-order valence-corrected chi connectivity index (χ1v) is 15.1. The molecule has 2 N–H and O–H groups in total. The first-order valence-electron chi connectivity index (χ1n) is 15.1. The lowest BCUT2D eigenvalue weighted by Gasteiger charge is -2.36. The number of hydrogen-bond acceptors (Lipinski definition) is 4. The molecule has 2 aromatic rings. The summed E-state index contributed by atoms with van der Waals surface area (Å²) in [6.45, 7) is 15.6. The fraction of sp³-hybridized carbons (Fsp3) is 0.559. The van der Waals surface area contributed by atoms with E-state index in [1.54, 1.807) is 25.7 Å². The van der Waals surface area contributed by atoms with Crippen molar-refractivity contribution in [1.29, 1.82) is 0 Å². The second kappa shape index (κ2) is 16.2. The number of nitrogens with zero attached hydrogens (tertiary/aromatic N) is 1. The maximum absolute atomic E-state index is 14.4. The molecule has 0 fully saturated rings. The quantitative estimate of drug-likeness (QED) is 0.230. The van der Waals surface area contributed by atoms with Crippen molar-refractivity contribution >= 4 is 23.6 Å². The predicted molar refractivity (Wildman–Crippen MR) is 167 cm³/mol. The number of amides is 3. The molecule has 0 aliphatic heterocycles. The molecule has 41 heavy (non-hydrogen) atoms. The smallest absolute Gasteiger partial charge is 0.408 e. The van der Waals surface area contributed by atoms with E-state index < -0.39 is 23.8 Å². The number of carbonyl (C=O) groups is 3. The van der Waals surface area contributed by atoms with Gasteiger partial charge in [-0.1, -0.05) is 101 Å². The van der Waals surface area contributed by atoms with Crippen molar-refractivity contribution in [3.63, 3.8) is 0 Å². The summed E-state index contributed by atoms with van der Waals surface area (Å²) in [5, 5.41) is 5.88. The van der Waals surface area contributed by atoms with E-state index in [1.807, 2.05) is 76.2 Å². The number of anilines is 1. The molecule has 0 aliphatic carbocycles. The number of unbranched alkanes of at least 4 members (excludes halogenated alkanes) is 5. The molecule has 0 spiro atoms. The third-order valence-corrected chi connectivity index (χ3v) is 6.96. The topological polar surface area (TPSA) is 87.7 Å². The van der Waals surface area contributed by atoms with Crippen molar-refractivity contribution in [2.24, 2.45) is 5.92 Å². The zero-order chi connectivity index (χ0) is 30.6. The van der Waals surface area contributed by atoms with Gasteiger partial charge in [-0.3, -0.25) is 9.59 Å². The van der Waals surface area contributed by atoms with Crippen molar-refractivity contribution in [3.8, 4) is 0 Å². The van der Waals surface area contributed by atoms with Crippen LogP contribution in [0.2, 0.25) is 0 Å². The van der Waals surface area contributed by atoms with Gasteiger partial charge in [-0.15, -0.1) is 0 Å². The Balaban J connectivity index is 2.50. The van der Waals surface area contributed by atoms with Gasteiger partial charge in [-0.2, -0.15) is 0 Å². The van der Waals surface area contributed by atoms with Crippen LogP contribution < -0.4 is 10.6 Å². The van der Waals surface area contributed by atoms with Crippen molar-refractivity contribution in [2.75, 3.05) is 11.9 Å². The van der Waals surface area contributed by atoms with Crippen LogP contribution in [0.15, 0.2) is 48.5 Å². The van der Waals surface area contributed by atoms with Crippen LogP contribution in [0.4, 0.5) is 10.5 Å². The van der Waals surface area contributed by atoms with Crippen LogP contribution in [0.25, 0.3) is 0 Å². The molecular formula is C34H51N3O4.